The van der Waals surface area contributed by atoms with Gasteiger partial charge >= 0.3 is 0 Å². The van der Waals surface area contributed by atoms with E-state index in [1.807, 2.05) is 31.2 Å². The third-order valence-corrected chi connectivity index (χ3v) is 4.07. The second-order valence-electron chi connectivity index (χ2n) is 5.42. The number of nitrogens with zero attached hydrogens (tertiary/aromatic N) is 1. The van der Waals surface area contributed by atoms with Crippen LogP contribution in [0.2, 0.25) is 0 Å². The van der Waals surface area contributed by atoms with E-state index in [4.69, 9.17) is 4.74 Å². The zero-order valence-corrected chi connectivity index (χ0v) is 13.1. The topological polar surface area (TPSA) is 41.6 Å². The fourth-order valence-electron chi connectivity index (χ4n) is 2.85. The van der Waals surface area contributed by atoms with Gasteiger partial charge in [-0.1, -0.05) is 6.92 Å². The summed E-state index contributed by atoms with van der Waals surface area (Å²) in [6.45, 7) is 8.27. The van der Waals surface area contributed by atoms with Gasteiger partial charge in [0.1, 0.15) is 5.75 Å². The minimum absolute atomic E-state index is 0.193. The Balaban J connectivity index is 1.94. The molecule has 0 unspecified atom stereocenters. The first-order chi connectivity index (χ1) is 10.2. The van der Waals surface area contributed by atoms with Gasteiger partial charge in [0, 0.05) is 11.6 Å². The van der Waals surface area contributed by atoms with Crippen LogP contribution in [-0.4, -0.2) is 49.5 Å². The first-order valence-electron chi connectivity index (χ1n) is 7.95. The normalized spacial score (nSPS) is 16.1. The Morgan fingerprint density at radius 3 is 2.48 bits per heavy atom. The van der Waals surface area contributed by atoms with E-state index in [1.54, 1.807) is 0 Å². The lowest BCUT2D eigenvalue weighted by molar-refractivity contribution is 0.0874. The van der Waals surface area contributed by atoms with Gasteiger partial charge in [0.2, 0.25) is 0 Å². The molecule has 0 saturated carbocycles. The summed E-state index contributed by atoms with van der Waals surface area (Å²) in [5.41, 5.74) is 0.769. The maximum absolute atomic E-state index is 12.4. The molecule has 0 spiro atoms. The Morgan fingerprint density at radius 1 is 1.24 bits per heavy atom. The van der Waals surface area contributed by atoms with Crippen LogP contribution in [0.1, 0.15) is 37.0 Å². The first-order valence-corrected chi connectivity index (χ1v) is 7.95. The van der Waals surface area contributed by atoms with Crippen LogP contribution < -0.4 is 10.1 Å². The molecule has 0 aromatic heterocycles. The summed E-state index contributed by atoms with van der Waals surface area (Å²) in [5.74, 6) is 1.01. The van der Waals surface area contributed by atoms with Gasteiger partial charge in [-0.15, -0.1) is 0 Å². The van der Waals surface area contributed by atoms with Gasteiger partial charge in [-0.25, -0.2) is 0 Å². The molecule has 0 bridgehead atoms. The van der Waals surface area contributed by atoms with Crippen molar-refractivity contribution in [3.8, 4) is 5.75 Å². The lowest BCUT2D eigenvalue weighted by atomic mass is 10.0. The number of Topliss-reactive ketones (excluding diaryl/α,β-unsaturated/α-hetero) is 1. The average molecular weight is 290 g/mol. The van der Waals surface area contributed by atoms with E-state index in [-0.39, 0.29) is 5.78 Å². The maximum atomic E-state index is 12.4. The van der Waals surface area contributed by atoms with Crippen LogP contribution in [0, 0.1) is 0 Å². The number of benzene rings is 1. The molecule has 0 atom stereocenters. The number of hydrogen-bond acceptors (Lipinski definition) is 4. The Bertz CT molecular complexity index is 439. The molecule has 1 aliphatic heterocycles. The number of nitrogens with one attached hydrogen (secondary N) is 1. The van der Waals surface area contributed by atoms with E-state index < -0.39 is 0 Å². The largest absolute Gasteiger partial charge is 0.494 e. The molecular formula is C17H26N2O2. The molecule has 1 heterocycles. The smallest absolute Gasteiger partial charge is 0.176 e. The van der Waals surface area contributed by atoms with Gasteiger partial charge in [0.05, 0.1) is 13.2 Å². The Hall–Kier alpha value is -1.39. The zero-order valence-electron chi connectivity index (χ0n) is 13.1. The molecule has 21 heavy (non-hydrogen) atoms. The highest BCUT2D eigenvalue weighted by Crippen LogP contribution is 2.15. The highest BCUT2D eigenvalue weighted by Gasteiger charge is 2.22. The standard InChI is InChI=1S/C17H26N2O2/c1-3-19(15-9-11-18-12-10-15)13-17(20)14-5-7-16(8-6-14)21-4-2/h5-8,15,18H,3-4,9-13H2,1-2H3. The molecule has 1 aromatic carbocycles. The third-order valence-electron chi connectivity index (χ3n) is 4.07. The Morgan fingerprint density at radius 2 is 1.90 bits per heavy atom. The van der Waals surface area contributed by atoms with Crippen molar-refractivity contribution in [3.05, 3.63) is 29.8 Å². The van der Waals surface area contributed by atoms with Crippen molar-refractivity contribution in [2.75, 3.05) is 32.8 Å². The number of carbonyl (C=O) groups excluding carboxylic acids is 1. The van der Waals surface area contributed by atoms with Gasteiger partial charge in [0.15, 0.2) is 5.78 Å². The second kappa shape index (κ2) is 8.15. The van der Waals surface area contributed by atoms with Crippen LogP contribution in [0.25, 0.3) is 0 Å². The van der Waals surface area contributed by atoms with Crippen LogP contribution in [0.4, 0.5) is 0 Å². The van der Waals surface area contributed by atoms with Crippen LogP contribution >= 0.6 is 0 Å². The summed E-state index contributed by atoms with van der Waals surface area (Å²) in [6.07, 6.45) is 2.26. The van der Waals surface area contributed by atoms with Crippen molar-refractivity contribution >= 4 is 5.78 Å². The van der Waals surface area contributed by atoms with Crippen molar-refractivity contribution in [2.45, 2.75) is 32.7 Å². The van der Waals surface area contributed by atoms with E-state index in [9.17, 15) is 4.79 Å². The van der Waals surface area contributed by atoms with Gasteiger partial charge in [-0.05, 0) is 63.7 Å². The number of likely N-dealkylation sites (N-methyl/N-ethyl adjacent to an activating group) is 1. The fraction of sp³-hybridized carbons (Fsp3) is 0.588. The number of piperidine rings is 1. The molecular weight excluding hydrogens is 264 g/mol. The fourth-order valence-corrected chi connectivity index (χ4v) is 2.85. The summed E-state index contributed by atoms with van der Waals surface area (Å²) in [7, 11) is 0. The first kappa shape index (κ1) is 16.0. The van der Waals surface area contributed by atoms with Crippen molar-refractivity contribution in [3.63, 3.8) is 0 Å². The summed E-state index contributed by atoms with van der Waals surface area (Å²) in [5, 5.41) is 3.37. The number of carbonyl (C=O) groups is 1. The highest BCUT2D eigenvalue weighted by atomic mass is 16.5. The predicted octanol–water partition coefficient (Wildman–Crippen LogP) is 2.34. The SMILES string of the molecule is CCOc1ccc(C(=O)CN(CC)C2CCNCC2)cc1. The highest BCUT2D eigenvalue weighted by molar-refractivity contribution is 5.97. The number of rotatable bonds is 7. The van der Waals surface area contributed by atoms with E-state index >= 15 is 0 Å². The van der Waals surface area contributed by atoms with Gasteiger partial charge in [-0.3, -0.25) is 9.69 Å². The monoisotopic (exact) mass is 290 g/mol. The minimum Gasteiger partial charge on any atom is -0.494 e. The molecule has 1 aliphatic rings. The predicted molar refractivity (Wildman–Crippen MR) is 85.1 cm³/mol. The van der Waals surface area contributed by atoms with E-state index in [0.717, 1.165) is 43.8 Å². The molecule has 1 N–H and O–H groups in total. The molecule has 2 rings (SSSR count). The molecule has 116 valence electrons. The van der Waals surface area contributed by atoms with Crippen LogP contribution in [0.3, 0.4) is 0 Å². The molecule has 4 nitrogen and oxygen atoms in total. The second-order valence-corrected chi connectivity index (χ2v) is 5.42. The lowest BCUT2D eigenvalue weighted by Gasteiger charge is -2.33. The molecule has 4 heteroatoms. The maximum Gasteiger partial charge on any atom is 0.176 e. The van der Waals surface area contributed by atoms with Gasteiger partial charge < -0.3 is 10.1 Å². The van der Waals surface area contributed by atoms with Gasteiger partial charge in [0.25, 0.3) is 0 Å². The van der Waals surface area contributed by atoms with Crippen LogP contribution in [-0.2, 0) is 0 Å². The van der Waals surface area contributed by atoms with Crippen molar-refractivity contribution in [1.29, 1.82) is 0 Å². The van der Waals surface area contributed by atoms with E-state index in [0.29, 0.717) is 19.2 Å². The number of hydrogen-bond donors (Lipinski definition) is 1. The molecule has 1 aromatic rings. The number of ketones is 1. The number of ether oxygens (including phenoxy) is 1. The van der Waals surface area contributed by atoms with Crippen molar-refractivity contribution < 1.29 is 9.53 Å². The van der Waals surface area contributed by atoms with Gasteiger partial charge in [-0.2, -0.15) is 0 Å². The quantitative estimate of drug-likeness (QED) is 0.783. The van der Waals surface area contributed by atoms with Crippen molar-refractivity contribution in [1.82, 2.24) is 10.2 Å². The molecule has 0 aliphatic carbocycles. The molecule has 0 radical (unpaired) electrons. The van der Waals surface area contributed by atoms with Crippen LogP contribution in [0.5, 0.6) is 5.75 Å². The summed E-state index contributed by atoms with van der Waals surface area (Å²) < 4.78 is 5.41. The summed E-state index contributed by atoms with van der Waals surface area (Å²) in [4.78, 5) is 14.7. The molecule has 1 fully saturated rings. The van der Waals surface area contributed by atoms with Crippen LogP contribution in [0.15, 0.2) is 24.3 Å². The summed E-state index contributed by atoms with van der Waals surface area (Å²) in [6, 6.07) is 8.00. The van der Waals surface area contributed by atoms with Crippen molar-refractivity contribution in [2.24, 2.45) is 0 Å². The Kier molecular flexibility index (Phi) is 6.21. The van der Waals surface area contributed by atoms with E-state index in [1.165, 1.54) is 0 Å². The molecule has 1 saturated heterocycles. The Labute approximate surface area is 127 Å². The average Bonchev–Trinajstić information content (AvgIpc) is 2.54. The third kappa shape index (κ3) is 4.55. The molecule has 0 amide bonds. The lowest BCUT2D eigenvalue weighted by Crippen LogP contribution is -2.45. The summed E-state index contributed by atoms with van der Waals surface area (Å²) >= 11 is 0. The zero-order chi connectivity index (χ0) is 15.1. The minimum atomic E-state index is 0.193. The van der Waals surface area contributed by atoms with E-state index in [2.05, 4.69) is 17.1 Å².